The summed E-state index contributed by atoms with van der Waals surface area (Å²) < 4.78 is 16.7. The SMILES string of the molecule is COc1ccc2c(c1)-c1sc(C(=O)N3CCc4cc(OC)c(OC)cc4[C@H]3c3ccccc3)cc1CC2. The maximum Gasteiger partial charge on any atom is 0.264 e. The number of amides is 1. The van der Waals surface area contributed by atoms with Crippen molar-refractivity contribution >= 4 is 17.2 Å². The summed E-state index contributed by atoms with van der Waals surface area (Å²) in [6.07, 6.45) is 2.68. The number of carbonyl (C=O) groups is 1. The van der Waals surface area contributed by atoms with Crippen molar-refractivity contribution in [2.45, 2.75) is 25.3 Å². The van der Waals surface area contributed by atoms with Gasteiger partial charge in [0.2, 0.25) is 0 Å². The van der Waals surface area contributed by atoms with E-state index in [0.717, 1.165) is 41.0 Å². The molecule has 1 amide bonds. The van der Waals surface area contributed by atoms with Gasteiger partial charge in [0.1, 0.15) is 5.75 Å². The van der Waals surface area contributed by atoms with Crippen LogP contribution in [0.25, 0.3) is 10.4 Å². The van der Waals surface area contributed by atoms with Crippen LogP contribution in [0.15, 0.2) is 66.7 Å². The van der Waals surface area contributed by atoms with Gasteiger partial charge in [0.15, 0.2) is 11.5 Å². The van der Waals surface area contributed by atoms with Gasteiger partial charge >= 0.3 is 0 Å². The Kier molecular flexibility index (Phi) is 6.13. The molecule has 0 N–H and O–H groups in total. The van der Waals surface area contributed by atoms with Gasteiger partial charge in [0.25, 0.3) is 5.91 Å². The zero-order chi connectivity index (χ0) is 25.5. The molecule has 0 unspecified atom stereocenters. The maximum atomic E-state index is 14.2. The number of benzene rings is 3. The van der Waals surface area contributed by atoms with Gasteiger partial charge in [-0.25, -0.2) is 0 Å². The molecular weight excluding hydrogens is 482 g/mol. The first-order valence-corrected chi connectivity index (χ1v) is 13.3. The third kappa shape index (κ3) is 4.05. The maximum absolute atomic E-state index is 14.2. The molecule has 0 fully saturated rings. The Bertz CT molecular complexity index is 1480. The quantitative estimate of drug-likeness (QED) is 0.314. The number of methoxy groups -OCH3 is 3. The fourth-order valence-corrected chi connectivity index (χ4v) is 6.85. The number of hydrogen-bond donors (Lipinski definition) is 0. The van der Waals surface area contributed by atoms with Crippen LogP contribution in [-0.2, 0) is 19.3 Å². The number of thiophene rings is 1. The van der Waals surface area contributed by atoms with Gasteiger partial charge in [0.05, 0.1) is 32.2 Å². The Labute approximate surface area is 221 Å². The van der Waals surface area contributed by atoms with E-state index in [4.69, 9.17) is 14.2 Å². The molecular formula is C31H29NO4S. The second-order valence-electron chi connectivity index (χ2n) is 9.46. The predicted molar refractivity (Wildman–Crippen MR) is 146 cm³/mol. The van der Waals surface area contributed by atoms with Crippen LogP contribution < -0.4 is 14.2 Å². The smallest absolute Gasteiger partial charge is 0.264 e. The molecule has 0 bridgehead atoms. The molecule has 4 aromatic rings. The molecule has 37 heavy (non-hydrogen) atoms. The predicted octanol–water partition coefficient (Wildman–Crippen LogP) is 6.33. The molecule has 6 rings (SSSR count). The topological polar surface area (TPSA) is 48.0 Å². The van der Waals surface area contributed by atoms with Gasteiger partial charge in [-0.1, -0.05) is 36.4 Å². The molecule has 0 spiro atoms. The molecule has 3 aromatic carbocycles. The van der Waals surface area contributed by atoms with Crippen molar-refractivity contribution in [1.82, 2.24) is 4.90 Å². The van der Waals surface area contributed by atoms with Crippen molar-refractivity contribution in [2.75, 3.05) is 27.9 Å². The molecule has 1 atom stereocenters. The second-order valence-corrected chi connectivity index (χ2v) is 10.5. The highest BCUT2D eigenvalue weighted by atomic mass is 32.1. The summed E-state index contributed by atoms with van der Waals surface area (Å²) in [4.78, 5) is 18.2. The number of rotatable bonds is 5. The molecule has 5 nitrogen and oxygen atoms in total. The van der Waals surface area contributed by atoms with Gasteiger partial charge in [-0.3, -0.25) is 4.79 Å². The minimum absolute atomic E-state index is 0.0677. The molecule has 1 aliphatic carbocycles. The van der Waals surface area contributed by atoms with Gasteiger partial charge in [0, 0.05) is 11.4 Å². The number of hydrogen-bond acceptors (Lipinski definition) is 5. The summed E-state index contributed by atoms with van der Waals surface area (Å²) in [6, 6.07) is 22.5. The number of ether oxygens (including phenoxy) is 3. The molecule has 2 heterocycles. The minimum Gasteiger partial charge on any atom is -0.497 e. The lowest BCUT2D eigenvalue weighted by atomic mass is 9.87. The first kappa shape index (κ1) is 23.6. The van der Waals surface area contributed by atoms with E-state index in [9.17, 15) is 4.79 Å². The van der Waals surface area contributed by atoms with Crippen molar-refractivity contribution < 1.29 is 19.0 Å². The fraction of sp³-hybridized carbons (Fsp3) is 0.258. The van der Waals surface area contributed by atoms with Crippen LogP contribution in [-0.4, -0.2) is 38.7 Å². The zero-order valence-corrected chi connectivity index (χ0v) is 22.1. The van der Waals surface area contributed by atoms with Crippen LogP contribution in [0.1, 0.15) is 43.5 Å². The average molecular weight is 512 g/mol. The van der Waals surface area contributed by atoms with Crippen LogP contribution in [0.2, 0.25) is 0 Å². The standard InChI is InChI=1S/C31H29NO4S/c1-34-23-12-11-19-9-10-22-16-28(37-30(22)25(19)17-23)31(33)32-14-13-21-15-26(35-2)27(36-3)18-24(21)29(32)20-7-5-4-6-8-20/h4-8,11-12,15-18,29H,9-10,13-14H2,1-3H3/t29-/m1/s1. The molecule has 1 aromatic heterocycles. The summed E-state index contributed by atoms with van der Waals surface area (Å²) in [7, 11) is 5.00. The Morgan fingerprint density at radius 2 is 1.57 bits per heavy atom. The highest BCUT2D eigenvalue weighted by molar-refractivity contribution is 7.17. The summed E-state index contributed by atoms with van der Waals surface area (Å²) in [6.45, 7) is 0.633. The normalized spacial score (nSPS) is 15.9. The lowest BCUT2D eigenvalue weighted by Gasteiger charge is -2.38. The van der Waals surface area contributed by atoms with Crippen LogP contribution >= 0.6 is 11.3 Å². The molecule has 0 radical (unpaired) electrons. The monoisotopic (exact) mass is 511 g/mol. The van der Waals surface area contributed by atoms with E-state index >= 15 is 0 Å². The van der Waals surface area contributed by atoms with Crippen molar-refractivity contribution in [3.63, 3.8) is 0 Å². The molecule has 0 saturated carbocycles. The van der Waals surface area contributed by atoms with Crippen molar-refractivity contribution in [3.8, 4) is 27.7 Å². The molecule has 6 heteroatoms. The largest absolute Gasteiger partial charge is 0.497 e. The first-order valence-electron chi connectivity index (χ1n) is 12.5. The van der Waals surface area contributed by atoms with Gasteiger partial charge in [-0.15, -0.1) is 11.3 Å². The van der Waals surface area contributed by atoms with Crippen LogP contribution in [0.5, 0.6) is 17.2 Å². The zero-order valence-electron chi connectivity index (χ0n) is 21.2. The highest BCUT2D eigenvalue weighted by Crippen LogP contribution is 2.44. The lowest BCUT2D eigenvalue weighted by molar-refractivity contribution is 0.0699. The summed E-state index contributed by atoms with van der Waals surface area (Å²) >= 11 is 1.60. The number of fused-ring (bicyclic) bond motifs is 4. The van der Waals surface area contributed by atoms with E-state index in [1.165, 1.54) is 27.1 Å². The van der Waals surface area contributed by atoms with E-state index in [0.29, 0.717) is 18.0 Å². The van der Waals surface area contributed by atoms with E-state index in [1.54, 1.807) is 32.7 Å². The average Bonchev–Trinajstić information content (AvgIpc) is 3.40. The summed E-state index contributed by atoms with van der Waals surface area (Å²) in [5.41, 5.74) is 7.09. The van der Waals surface area contributed by atoms with Gasteiger partial charge < -0.3 is 19.1 Å². The van der Waals surface area contributed by atoms with Gasteiger partial charge in [-0.2, -0.15) is 0 Å². The third-order valence-corrected chi connectivity index (χ3v) is 8.69. The fourth-order valence-electron chi connectivity index (χ4n) is 5.63. The van der Waals surface area contributed by atoms with Crippen LogP contribution in [0.3, 0.4) is 0 Å². The van der Waals surface area contributed by atoms with E-state index in [2.05, 4.69) is 36.4 Å². The first-order chi connectivity index (χ1) is 18.1. The summed E-state index contributed by atoms with van der Waals surface area (Å²) in [5.74, 6) is 2.30. The lowest BCUT2D eigenvalue weighted by Crippen LogP contribution is -2.40. The highest BCUT2D eigenvalue weighted by Gasteiger charge is 2.35. The Balaban J connectivity index is 1.42. The molecule has 0 saturated heterocycles. The van der Waals surface area contributed by atoms with Crippen molar-refractivity contribution in [1.29, 1.82) is 0 Å². The molecule has 188 valence electrons. The minimum atomic E-state index is -0.205. The second kappa shape index (κ2) is 9.60. The van der Waals surface area contributed by atoms with Crippen molar-refractivity contribution in [3.05, 3.63) is 99.4 Å². The Morgan fingerprint density at radius 1 is 0.811 bits per heavy atom. The van der Waals surface area contributed by atoms with Crippen LogP contribution in [0, 0.1) is 0 Å². The number of aryl methyl sites for hydroxylation is 2. The Hall–Kier alpha value is -3.77. The molecule has 1 aliphatic heterocycles. The Morgan fingerprint density at radius 3 is 2.32 bits per heavy atom. The van der Waals surface area contributed by atoms with Gasteiger partial charge in [-0.05, 0) is 83.0 Å². The van der Waals surface area contributed by atoms with Crippen LogP contribution in [0.4, 0.5) is 0 Å². The summed E-state index contributed by atoms with van der Waals surface area (Å²) in [5, 5.41) is 0. The van der Waals surface area contributed by atoms with E-state index in [1.807, 2.05) is 35.2 Å². The van der Waals surface area contributed by atoms with Crippen molar-refractivity contribution in [2.24, 2.45) is 0 Å². The number of carbonyl (C=O) groups excluding carboxylic acids is 1. The molecule has 2 aliphatic rings. The number of nitrogens with zero attached hydrogens (tertiary/aromatic N) is 1. The van der Waals surface area contributed by atoms with E-state index < -0.39 is 0 Å². The van der Waals surface area contributed by atoms with E-state index in [-0.39, 0.29) is 11.9 Å². The third-order valence-electron chi connectivity index (χ3n) is 7.49.